The lowest BCUT2D eigenvalue weighted by atomic mass is 9.94. The second-order valence-electron chi connectivity index (χ2n) is 7.10. The molecular formula is C22H17N5O3S. The third kappa shape index (κ3) is 3.71. The Hall–Kier alpha value is -3.85. The Labute approximate surface area is 181 Å². The number of benzene rings is 1. The molecule has 31 heavy (non-hydrogen) atoms. The highest BCUT2D eigenvalue weighted by atomic mass is 32.1. The van der Waals surface area contributed by atoms with Gasteiger partial charge in [0.15, 0.2) is 10.8 Å². The summed E-state index contributed by atoms with van der Waals surface area (Å²) in [5.41, 5.74) is 3.33. The average Bonchev–Trinajstić information content (AvgIpc) is 3.20. The van der Waals surface area contributed by atoms with Crippen LogP contribution in [0.5, 0.6) is 0 Å². The zero-order valence-corrected chi connectivity index (χ0v) is 17.1. The fourth-order valence-corrected chi connectivity index (χ4v) is 4.50. The van der Waals surface area contributed by atoms with Gasteiger partial charge >= 0.3 is 5.97 Å². The van der Waals surface area contributed by atoms with Crippen LogP contribution in [-0.4, -0.2) is 38.5 Å². The van der Waals surface area contributed by atoms with Crippen LogP contribution >= 0.6 is 11.3 Å². The zero-order valence-electron chi connectivity index (χ0n) is 16.3. The second-order valence-corrected chi connectivity index (χ2v) is 8.08. The van der Waals surface area contributed by atoms with Crippen LogP contribution in [0, 0.1) is 0 Å². The molecule has 0 unspecified atom stereocenters. The minimum Gasteiger partial charge on any atom is -0.477 e. The Balaban J connectivity index is 1.43. The van der Waals surface area contributed by atoms with Gasteiger partial charge in [0.05, 0.1) is 0 Å². The SMILES string of the molecule is O=C(O)c1cccc(N2CCc3cccc(C(=O)Nc4nc5cccnc5s4)c3C2)n1. The molecule has 0 atom stereocenters. The molecule has 1 aliphatic rings. The molecule has 0 radical (unpaired) electrons. The standard InChI is InChI=1S/C22H17N5O3S/c28-19(26-22-25-16-7-3-10-23-20(16)31-22)14-5-1-4-13-9-11-27(12-15(13)14)18-8-2-6-17(24-18)21(29)30/h1-8,10H,9,11-12H2,(H,29,30)(H,25,26,28). The van der Waals surface area contributed by atoms with Crippen molar-refractivity contribution in [3.05, 3.63) is 77.1 Å². The van der Waals surface area contributed by atoms with Crippen LogP contribution in [0.2, 0.25) is 0 Å². The van der Waals surface area contributed by atoms with Crippen LogP contribution in [0.1, 0.15) is 32.0 Å². The molecule has 8 nitrogen and oxygen atoms in total. The summed E-state index contributed by atoms with van der Waals surface area (Å²) in [4.78, 5) is 40.0. The molecule has 154 valence electrons. The first kappa shape index (κ1) is 19.1. The van der Waals surface area contributed by atoms with E-state index in [-0.39, 0.29) is 11.6 Å². The number of fused-ring (bicyclic) bond motifs is 2. The number of hydrogen-bond acceptors (Lipinski definition) is 7. The molecule has 3 aromatic heterocycles. The van der Waals surface area contributed by atoms with Crippen molar-refractivity contribution in [2.75, 3.05) is 16.8 Å². The van der Waals surface area contributed by atoms with Gasteiger partial charge in [-0.25, -0.2) is 19.7 Å². The van der Waals surface area contributed by atoms with Crippen LogP contribution in [-0.2, 0) is 13.0 Å². The van der Waals surface area contributed by atoms with Crippen molar-refractivity contribution < 1.29 is 14.7 Å². The van der Waals surface area contributed by atoms with E-state index in [1.165, 1.54) is 17.4 Å². The number of anilines is 2. The lowest BCUT2D eigenvalue weighted by Gasteiger charge is -2.31. The molecule has 0 fully saturated rings. The third-order valence-corrected chi connectivity index (χ3v) is 6.08. The lowest BCUT2D eigenvalue weighted by molar-refractivity contribution is 0.0690. The molecule has 0 aliphatic carbocycles. The number of carboxylic acids is 1. The first-order valence-corrected chi connectivity index (χ1v) is 10.5. The highest BCUT2D eigenvalue weighted by Crippen LogP contribution is 2.28. The van der Waals surface area contributed by atoms with E-state index >= 15 is 0 Å². The van der Waals surface area contributed by atoms with Crippen molar-refractivity contribution in [1.29, 1.82) is 0 Å². The quantitative estimate of drug-likeness (QED) is 0.508. The summed E-state index contributed by atoms with van der Waals surface area (Å²) in [7, 11) is 0. The number of thiazole rings is 1. The maximum atomic E-state index is 13.1. The molecular weight excluding hydrogens is 414 g/mol. The predicted octanol–water partition coefficient (Wildman–Crippen LogP) is 3.60. The molecule has 1 aromatic carbocycles. The van der Waals surface area contributed by atoms with Gasteiger partial charge in [0, 0.05) is 24.8 Å². The second kappa shape index (κ2) is 7.77. The molecule has 0 saturated carbocycles. The fraction of sp³-hybridized carbons (Fsp3) is 0.136. The van der Waals surface area contributed by atoms with E-state index in [4.69, 9.17) is 0 Å². The number of aromatic carboxylic acids is 1. The average molecular weight is 431 g/mol. The molecule has 0 spiro atoms. The molecule has 1 aliphatic heterocycles. The van der Waals surface area contributed by atoms with Gasteiger partial charge in [-0.3, -0.25) is 10.1 Å². The minimum absolute atomic E-state index is 0.00114. The molecule has 4 aromatic rings. The van der Waals surface area contributed by atoms with Crippen molar-refractivity contribution in [2.24, 2.45) is 0 Å². The summed E-state index contributed by atoms with van der Waals surface area (Å²) < 4.78 is 0. The Bertz CT molecular complexity index is 1290. The summed E-state index contributed by atoms with van der Waals surface area (Å²) in [5.74, 6) is -0.715. The van der Waals surface area contributed by atoms with E-state index in [1.807, 2.05) is 29.2 Å². The van der Waals surface area contributed by atoms with Gasteiger partial charge < -0.3 is 10.0 Å². The number of hydrogen-bond donors (Lipinski definition) is 2. The number of rotatable bonds is 4. The highest BCUT2D eigenvalue weighted by Gasteiger charge is 2.24. The Morgan fingerprint density at radius 3 is 2.77 bits per heavy atom. The topological polar surface area (TPSA) is 108 Å². The Kier molecular flexibility index (Phi) is 4.79. The fourth-order valence-electron chi connectivity index (χ4n) is 3.70. The van der Waals surface area contributed by atoms with Crippen LogP contribution in [0.4, 0.5) is 10.9 Å². The van der Waals surface area contributed by atoms with Crippen LogP contribution in [0.3, 0.4) is 0 Å². The maximum Gasteiger partial charge on any atom is 0.354 e. The summed E-state index contributed by atoms with van der Waals surface area (Å²) in [6.45, 7) is 1.16. The van der Waals surface area contributed by atoms with E-state index in [9.17, 15) is 14.7 Å². The normalized spacial score (nSPS) is 13.1. The highest BCUT2D eigenvalue weighted by molar-refractivity contribution is 7.21. The van der Waals surface area contributed by atoms with Crippen molar-refractivity contribution >= 4 is 44.5 Å². The molecule has 0 bridgehead atoms. The van der Waals surface area contributed by atoms with Gasteiger partial charge in [-0.2, -0.15) is 0 Å². The van der Waals surface area contributed by atoms with Crippen molar-refractivity contribution in [3.8, 4) is 0 Å². The van der Waals surface area contributed by atoms with Crippen LogP contribution in [0.25, 0.3) is 10.3 Å². The smallest absolute Gasteiger partial charge is 0.354 e. The number of nitrogens with zero attached hydrogens (tertiary/aromatic N) is 4. The van der Waals surface area contributed by atoms with Gasteiger partial charge in [-0.15, -0.1) is 0 Å². The summed E-state index contributed by atoms with van der Waals surface area (Å²) >= 11 is 1.33. The number of nitrogens with one attached hydrogen (secondary N) is 1. The van der Waals surface area contributed by atoms with E-state index in [0.717, 1.165) is 27.9 Å². The predicted molar refractivity (Wildman–Crippen MR) is 118 cm³/mol. The van der Waals surface area contributed by atoms with Gasteiger partial charge in [-0.1, -0.05) is 29.5 Å². The zero-order chi connectivity index (χ0) is 21.4. The van der Waals surface area contributed by atoms with Gasteiger partial charge in [0.25, 0.3) is 5.91 Å². The first-order chi connectivity index (χ1) is 15.1. The van der Waals surface area contributed by atoms with E-state index in [1.54, 1.807) is 24.4 Å². The molecule has 4 heterocycles. The van der Waals surface area contributed by atoms with E-state index in [2.05, 4.69) is 20.3 Å². The third-order valence-electron chi connectivity index (χ3n) is 5.18. The van der Waals surface area contributed by atoms with Gasteiger partial charge in [0.1, 0.15) is 16.2 Å². The maximum absolute atomic E-state index is 13.1. The van der Waals surface area contributed by atoms with Crippen molar-refractivity contribution in [2.45, 2.75) is 13.0 Å². The van der Waals surface area contributed by atoms with Crippen molar-refractivity contribution in [1.82, 2.24) is 15.0 Å². The molecule has 9 heteroatoms. The van der Waals surface area contributed by atoms with Gasteiger partial charge in [0.2, 0.25) is 0 Å². The summed E-state index contributed by atoms with van der Waals surface area (Å²) in [5, 5.41) is 12.6. The largest absolute Gasteiger partial charge is 0.477 e. The Morgan fingerprint density at radius 2 is 1.94 bits per heavy atom. The lowest BCUT2D eigenvalue weighted by Crippen LogP contribution is -2.33. The van der Waals surface area contributed by atoms with Crippen molar-refractivity contribution in [3.63, 3.8) is 0 Å². The first-order valence-electron chi connectivity index (χ1n) is 9.67. The molecule has 2 N–H and O–H groups in total. The Morgan fingerprint density at radius 1 is 1.06 bits per heavy atom. The number of pyridine rings is 2. The number of aromatic nitrogens is 3. The van der Waals surface area contributed by atoms with Crippen LogP contribution in [0.15, 0.2) is 54.7 Å². The number of carbonyl (C=O) groups excluding carboxylic acids is 1. The molecule has 0 saturated heterocycles. The number of carbonyl (C=O) groups is 2. The minimum atomic E-state index is -1.07. The van der Waals surface area contributed by atoms with Crippen LogP contribution < -0.4 is 10.2 Å². The summed E-state index contributed by atoms with van der Waals surface area (Å²) in [6.07, 6.45) is 2.43. The number of carboxylic acid groups (broad SMARTS) is 1. The van der Waals surface area contributed by atoms with E-state index in [0.29, 0.717) is 29.6 Å². The van der Waals surface area contributed by atoms with E-state index < -0.39 is 5.97 Å². The molecule has 1 amide bonds. The number of amides is 1. The van der Waals surface area contributed by atoms with Gasteiger partial charge in [-0.05, 0) is 47.9 Å². The summed E-state index contributed by atoms with van der Waals surface area (Å²) in [6, 6.07) is 14.3. The molecule has 5 rings (SSSR count). The monoisotopic (exact) mass is 431 g/mol.